The fourth-order valence-corrected chi connectivity index (χ4v) is 7.02. The minimum absolute atomic E-state index is 0.0240. The largest absolute Gasteiger partial charge is 0.481 e. The van der Waals surface area contributed by atoms with Crippen molar-refractivity contribution in [2.24, 2.45) is 5.41 Å². The second-order valence-electron chi connectivity index (χ2n) is 11.7. The summed E-state index contributed by atoms with van der Waals surface area (Å²) < 4.78 is 0. The molecule has 1 aliphatic carbocycles. The third kappa shape index (κ3) is 7.59. The minimum atomic E-state index is -0.969. The van der Waals surface area contributed by atoms with Crippen molar-refractivity contribution in [3.63, 3.8) is 0 Å². The minimum Gasteiger partial charge on any atom is -0.481 e. The number of nitrogens with zero attached hydrogens (tertiary/aromatic N) is 1. The van der Waals surface area contributed by atoms with Gasteiger partial charge >= 0.3 is 5.97 Å². The molecule has 0 saturated heterocycles. The molecule has 1 aliphatic rings. The van der Waals surface area contributed by atoms with Crippen molar-refractivity contribution in [2.75, 3.05) is 11.5 Å². The van der Waals surface area contributed by atoms with Crippen LogP contribution in [0.3, 0.4) is 0 Å². The molecule has 1 atom stereocenters. The molecular formula is C35H36ClNO3S. The lowest BCUT2D eigenvalue weighted by Gasteiger charge is -2.27. The Morgan fingerprint density at radius 3 is 2.59 bits per heavy atom. The third-order valence-corrected chi connectivity index (χ3v) is 9.45. The van der Waals surface area contributed by atoms with Gasteiger partial charge in [0.2, 0.25) is 0 Å². The van der Waals surface area contributed by atoms with Gasteiger partial charge in [0.15, 0.2) is 0 Å². The first-order chi connectivity index (χ1) is 19.6. The van der Waals surface area contributed by atoms with E-state index in [-0.39, 0.29) is 17.8 Å². The van der Waals surface area contributed by atoms with Crippen molar-refractivity contribution in [3.05, 3.63) is 112 Å². The zero-order valence-corrected chi connectivity index (χ0v) is 25.1. The van der Waals surface area contributed by atoms with Crippen LogP contribution in [-0.4, -0.2) is 32.7 Å². The van der Waals surface area contributed by atoms with Crippen LogP contribution in [0, 0.1) is 5.41 Å². The molecule has 6 heteroatoms. The molecule has 5 rings (SSSR count). The van der Waals surface area contributed by atoms with E-state index in [4.69, 9.17) is 16.6 Å². The van der Waals surface area contributed by atoms with Gasteiger partial charge in [-0.25, -0.2) is 4.98 Å². The monoisotopic (exact) mass is 585 g/mol. The number of thioether (sulfide) groups is 1. The van der Waals surface area contributed by atoms with E-state index < -0.39 is 11.6 Å². The zero-order valence-electron chi connectivity index (χ0n) is 23.5. The Balaban J connectivity index is 1.39. The molecule has 0 amide bonds. The van der Waals surface area contributed by atoms with Gasteiger partial charge in [-0.05, 0) is 96.6 Å². The topological polar surface area (TPSA) is 70.4 Å². The zero-order chi connectivity index (χ0) is 29.0. The van der Waals surface area contributed by atoms with Gasteiger partial charge in [-0.3, -0.25) is 4.79 Å². The highest BCUT2D eigenvalue weighted by atomic mass is 35.5. The molecule has 1 fully saturated rings. The lowest BCUT2D eigenvalue weighted by Crippen LogP contribution is -2.20. The number of benzene rings is 3. The molecule has 0 unspecified atom stereocenters. The van der Waals surface area contributed by atoms with E-state index in [1.165, 1.54) is 5.56 Å². The Hall–Kier alpha value is -3.12. The molecule has 4 aromatic rings. The molecule has 0 radical (unpaired) electrons. The average molecular weight is 586 g/mol. The summed E-state index contributed by atoms with van der Waals surface area (Å²) >= 11 is 8.02. The van der Waals surface area contributed by atoms with Crippen molar-refractivity contribution in [3.8, 4) is 0 Å². The fourth-order valence-electron chi connectivity index (χ4n) is 5.48. The lowest BCUT2D eigenvalue weighted by molar-refractivity contribution is -0.138. The molecule has 2 N–H and O–H groups in total. The number of aliphatic hydroxyl groups is 1. The Bertz CT molecular complexity index is 1570. The number of halogens is 1. The Morgan fingerprint density at radius 2 is 1.83 bits per heavy atom. The predicted octanol–water partition coefficient (Wildman–Crippen LogP) is 8.80. The van der Waals surface area contributed by atoms with E-state index in [1.807, 2.05) is 74.1 Å². The number of carboxylic acid groups (broad SMARTS) is 1. The summed E-state index contributed by atoms with van der Waals surface area (Å²) in [7, 11) is 0. The molecule has 41 heavy (non-hydrogen) atoms. The second kappa shape index (κ2) is 12.4. The van der Waals surface area contributed by atoms with Gasteiger partial charge in [-0.15, -0.1) is 0 Å². The Kier molecular flexibility index (Phi) is 8.88. The van der Waals surface area contributed by atoms with Crippen LogP contribution in [-0.2, 0) is 10.4 Å². The number of aromatic nitrogens is 1. The van der Waals surface area contributed by atoms with Crippen LogP contribution in [0.25, 0.3) is 23.1 Å². The van der Waals surface area contributed by atoms with E-state index in [1.54, 1.807) is 0 Å². The first-order valence-corrected chi connectivity index (χ1v) is 15.6. The summed E-state index contributed by atoms with van der Waals surface area (Å²) in [6.07, 6.45) is 7.26. The van der Waals surface area contributed by atoms with Crippen LogP contribution in [0.15, 0.2) is 78.9 Å². The van der Waals surface area contributed by atoms with Crippen molar-refractivity contribution in [1.82, 2.24) is 4.98 Å². The number of carbonyl (C=O) groups is 1. The SMILES string of the molecule is CC(C)(O)c1ccccc1[C@H](CCSCC1(CC(=O)O)CC1)c1cccc(/C=C/c2ccc3ccc(Cl)cc3n2)c1. The predicted molar refractivity (Wildman–Crippen MR) is 172 cm³/mol. The highest BCUT2D eigenvalue weighted by Crippen LogP contribution is 2.51. The summed E-state index contributed by atoms with van der Waals surface area (Å²) in [5.41, 5.74) is 5.06. The van der Waals surface area contributed by atoms with E-state index in [9.17, 15) is 15.0 Å². The smallest absolute Gasteiger partial charge is 0.303 e. The van der Waals surface area contributed by atoms with Gasteiger partial charge in [0, 0.05) is 16.3 Å². The third-order valence-electron chi connectivity index (χ3n) is 7.87. The maximum absolute atomic E-state index is 11.3. The summed E-state index contributed by atoms with van der Waals surface area (Å²) in [5.74, 6) is 1.18. The van der Waals surface area contributed by atoms with Crippen LogP contribution >= 0.6 is 23.4 Å². The second-order valence-corrected chi connectivity index (χ2v) is 13.2. The molecule has 0 aliphatic heterocycles. The number of carboxylic acids is 1. The number of fused-ring (bicyclic) bond motifs is 1. The van der Waals surface area contributed by atoms with Gasteiger partial charge in [0.05, 0.1) is 23.2 Å². The number of hydrogen-bond donors (Lipinski definition) is 2. The summed E-state index contributed by atoms with van der Waals surface area (Å²) in [4.78, 5) is 16.0. The van der Waals surface area contributed by atoms with Crippen LogP contribution in [0.2, 0.25) is 5.02 Å². The number of pyridine rings is 1. The molecule has 0 spiro atoms. The van der Waals surface area contributed by atoms with Gasteiger partial charge in [-0.2, -0.15) is 11.8 Å². The molecule has 1 heterocycles. The fraction of sp³-hybridized carbons (Fsp3) is 0.314. The van der Waals surface area contributed by atoms with Gasteiger partial charge in [0.1, 0.15) is 0 Å². The van der Waals surface area contributed by atoms with E-state index >= 15 is 0 Å². The molecular weight excluding hydrogens is 550 g/mol. The molecule has 4 nitrogen and oxygen atoms in total. The highest BCUT2D eigenvalue weighted by molar-refractivity contribution is 7.99. The molecule has 0 bridgehead atoms. The summed E-state index contributed by atoms with van der Waals surface area (Å²) in [5, 5.41) is 22.0. The standard InChI is InChI=1S/C35H36ClNO3S/c1-34(2,40)31-9-4-3-8-30(31)29(16-19-41-23-35(17-18-35)22-33(38)39)26-7-5-6-24(20-26)10-14-28-15-12-25-11-13-27(36)21-32(25)37-28/h3-15,20-21,29,40H,16-19,22-23H2,1-2H3,(H,38,39)/b14-10+/t29-/m1/s1. The quantitative estimate of drug-likeness (QED) is 0.163. The normalized spacial score (nSPS) is 15.3. The maximum atomic E-state index is 11.3. The Morgan fingerprint density at radius 1 is 1.05 bits per heavy atom. The number of hydrogen-bond acceptors (Lipinski definition) is 4. The van der Waals surface area contributed by atoms with Crippen molar-refractivity contribution >= 4 is 52.4 Å². The highest BCUT2D eigenvalue weighted by Gasteiger charge is 2.44. The van der Waals surface area contributed by atoms with E-state index in [0.717, 1.165) is 64.1 Å². The van der Waals surface area contributed by atoms with Crippen molar-refractivity contribution in [2.45, 2.75) is 51.0 Å². The van der Waals surface area contributed by atoms with Crippen LogP contribution in [0.4, 0.5) is 0 Å². The van der Waals surface area contributed by atoms with E-state index in [0.29, 0.717) is 5.02 Å². The maximum Gasteiger partial charge on any atom is 0.303 e. The summed E-state index contributed by atoms with van der Waals surface area (Å²) in [6.45, 7) is 3.67. The van der Waals surface area contributed by atoms with Gasteiger partial charge in [-0.1, -0.05) is 78.3 Å². The first kappa shape index (κ1) is 29.4. The van der Waals surface area contributed by atoms with Crippen LogP contribution in [0.5, 0.6) is 0 Å². The number of rotatable bonds is 12. The number of aliphatic carboxylic acids is 1. The molecule has 1 aromatic heterocycles. The average Bonchev–Trinajstić information content (AvgIpc) is 3.69. The van der Waals surface area contributed by atoms with Crippen molar-refractivity contribution in [1.29, 1.82) is 0 Å². The van der Waals surface area contributed by atoms with E-state index in [2.05, 4.69) is 42.5 Å². The molecule has 3 aromatic carbocycles. The first-order valence-electron chi connectivity index (χ1n) is 14.1. The summed E-state index contributed by atoms with van der Waals surface area (Å²) in [6, 6.07) is 26.5. The van der Waals surface area contributed by atoms with Gasteiger partial charge in [0.25, 0.3) is 0 Å². The molecule has 212 valence electrons. The van der Waals surface area contributed by atoms with Crippen LogP contribution in [0.1, 0.15) is 73.4 Å². The van der Waals surface area contributed by atoms with Crippen LogP contribution < -0.4 is 0 Å². The Labute approximate surface area is 251 Å². The van der Waals surface area contributed by atoms with Crippen molar-refractivity contribution < 1.29 is 15.0 Å². The lowest BCUT2D eigenvalue weighted by atomic mass is 9.81. The van der Waals surface area contributed by atoms with Gasteiger partial charge < -0.3 is 10.2 Å². The molecule has 1 saturated carbocycles.